The van der Waals surface area contributed by atoms with Gasteiger partial charge in [0.2, 0.25) is 0 Å². The number of nitrogens with two attached hydrogens (primary N) is 1. The van der Waals surface area contributed by atoms with Gasteiger partial charge in [-0.3, -0.25) is 4.99 Å². The Labute approximate surface area is 83.6 Å². The average molecular weight is 190 g/mol. The summed E-state index contributed by atoms with van der Waals surface area (Å²) in [7, 11) is 1.69. The zero-order chi connectivity index (χ0) is 10.6. The maximum Gasteiger partial charge on any atom is 0.118 e. The Bertz CT molecular complexity index is 381. The molecule has 14 heavy (non-hydrogen) atoms. The summed E-state index contributed by atoms with van der Waals surface area (Å²) in [5, 5.41) is 9.31. The summed E-state index contributed by atoms with van der Waals surface area (Å²) in [6, 6.07) is 5.25. The van der Waals surface area contributed by atoms with Crippen LogP contribution in [0.15, 0.2) is 29.3 Å². The molecule has 74 valence electrons. The van der Waals surface area contributed by atoms with Crippen LogP contribution in [0.4, 0.5) is 0 Å². The smallest absolute Gasteiger partial charge is 0.118 e. The minimum absolute atomic E-state index is 0.283. The Kier molecular flexibility index (Phi) is 3.29. The molecule has 0 aliphatic rings. The Balaban J connectivity index is 3.02. The van der Waals surface area contributed by atoms with Gasteiger partial charge in [0.05, 0.1) is 0 Å². The number of benzene rings is 1. The number of phenols is 1. The molecule has 0 bridgehead atoms. The molecular weight excluding hydrogens is 176 g/mol. The molecule has 1 aromatic rings. The summed E-state index contributed by atoms with van der Waals surface area (Å²) in [6.07, 6.45) is 3.36. The van der Waals surface area contributed by atoms with E-state index in [4.69, 9.17) is 5.73 Å². The highest BCUT2D eigenvalue weighted by Crippen LogP contribution is 2.19. The normalized spacial score (nSPS) is 12.3. The van der Waals surface area contributed by atoms with E-state index in [0.29, 0.717) is 5.70 Å². The average Bonchev–Trinajstić information content (AvgIpc) is 2.18. The van der Waals surface area contributed by atoms with Gasteiger partial charge in [0.15, 0.2) is 0 Å². The first-order chi connectivity index (χ1) is 6.65. The van der Waals surface area contributed by atoms with Crippen LogP contribution in [0.1, 0.15) is 11.1 Å². The second kappa shape index (κ2) is 4.46. The van der Waals surface area contributed by atoms with Crippen molar-refractivity contribution in [3.63, 3.8) is 0 Å². The number of aliphatic imine (C=N–C) groups is 1. The van der Waals surface area contributed by atoms with Gasteiger partial charge in [-0.25, -0.2) is 0 Å². The van der Waals surface area contributed by atoms with Crippen LogP contribution >= 0.6 is 0 Å². The van der Waals surface area contributed by atoms with Gasteiger partial charge in [0.25, 0.3) is 0 Å². The molecule has 0 heterocycles. The second-order valence-electron chi connectivity index (χ2n) is 3.03. The van der Waals surface area contributed by atoms with Crippen LogP contribution in [0.5, 0.6) is 5.75 Å². The van der Waals surface area contributed by atoms with E-state index in [2.05, 4.69) is 4.99 Å². The molecule has 0 radical (unpaired) electrons. The Morgan fingerprint density at radius 3 is 2.79 bits per heavy atom. The van der Waals surface area contributed by atoms with E-state index < -0.39 is 0 Å². The lowest BCUT2D eigenvalue weighted by molar-refractivity contribution is 0.471. The minimum atomic E-state index is 0.283. The van der Waals surface area contributed by atoms with Gasteiger partial charge in [-0.15, -0.1) is 0 Å². The molecule has 0 atom stereocenters. The van der Waals surface area contributed by atoms with Crippen molar-refractivity contribution in [1.82, 2.24) is 0 Å². The van der Waals surface area contributed by atoms with Gasteiger partial charge in [0.1, 0.15) is 5.75 Å². The van der Waals surface area contributed by atoms with Crippen molar-refractivity contribution in [2.45, 2.75) is 6.92 Å². The molecule has 0 fully saturated rings. The van der Waals surface area contributed by atoms with Gasteiger partial charge in [0, 0.05) is 19.0 Å². The molecule has 0 aromatic heterocycles. The lowest BCUT2D eigenvalue weighted by Crippen LogP contribution is -1.96. The van der Waals surface area contributed by atoms with E-state index >= 15 is 0 Å². The van der Waals surface area contributed by atoms with E-state index in [1.165, 1.54) is 0 Å². The zero-order valence-electron chi connectivity index (χ0n) is 8.36. The third kappa shape index (κ3) is 2.36. The molecule has 0 unspecified atom stereocenters. The topological polar surface area (TPSA) is 58.6 Å². The lowest BCUT2D eigenvalue weighted by Gasteiger charge is -2.03. The number of hydrogen-bond donors (Lipinski definition) is 2. The molecule has 0 saturated heterocycles. The SMILES string of the molecule is CN=CC=C(N)c1ccc(O)c(C)c1. The highest BCUT2D eigenvalue weighted by atomic mass is 16.3. The first-order valence-corrected chi connectivity index (χ1v) is 4.33. The summed E-state index contributed by atoms with van der Waals surface area (Å²) in [4.78, 5) is 3.81. The Morgan fingerprint density at radius 1 is 1.50 bits per heavy atom. The molecule has 0 aliphatic carbocycles. The van der Waals surface area contributed by atoms with Gasteiger partial charge >= 0.3 is 0 Å². The highest BCUT2D eigenvalue weighted by molar-refractivity contribution is 5.83. The second-order valence-corrected chi connectivity index (χ2v) is 3.03. The van der Waals surface area contributed by atoms with Crippen LogP contribution in [0.25, 0.3) is 5.70 Å². The molecule has 0 spiro atoms. The van der Waals surface area contributed by atoms with Gasteiger partial charge < -0.3 is 10.8 Å². The van der Waals surface area contributed by atoms with Crippen LogP contribution < -0.4 is 5.73 Å². The van der Waals surface area contributed by atoms with E-state index in [9.17, 15) is 5.11 Å². The predicted molar refractivity (Wildman–Crippen MR) is 59.4 cm³/mol. The van der Waals surface area contributed by atoms with Crippen LogP contribution in [-0.4, -0.2) is 18.4 Å². The largest absolute Gasteiger partial charge is 0.508 e. The fourth-order valence-corrected chi connectivity index (χ4v) is 1.09. The number of nitrogens with zero attached hydrogens (tertiary/aromatic N) is 1. The molecule has 1 aromatic carbocycles. The number of phenolic OH excluding ortho intramolecular Hbond substituents is 1. The molecule has 1 rings (SSSR count). The van der Waals surface area contributed by atoms with Crippen molar-refractivity contribution in [3.8, 4) is 5.75 Å². The number of aryl methyl sites for hydroxylation is 1. The van der Waals surface area contributed by atoms with Crippen molar-refractivity contribution in [2.75, 3.05) is 7.05 Å². The third-order valence-corrected chi connectivity index (χ3v) is 1.93. The highest BCUT2D eigenvalue weighted by Gasteiger charge is 1.99. The van der Waals surface area contributed by atoms with E-state index in [1.54, 1.807) is 31.5 Å². The molecule has 0 saturated carbocycles. The lowest BCUT2D eigenvalue weighted by atomic mass is 10.1. The van der Waals surface area contributed by atoms with Crippen LogP contribution in [-0.2, 0) is 0 Å². The van der Waals surface area contributed by atoms with Crippen LogP contribution in [0.3, 0.4) is 0 Å². The minimum Gasteiger partial charge on any atom is -0.508 e. The predicted octanol–water partition coefficient (Wildman–Crippen LogP) is 1.70. The van der Waals surface area contributed by atoms with Crippen molar-refractivity contribution in [1.29, 1.82) is 0 Å². The Hall–Kier alpha value is -1.77. The van der Waals surface area contributed by atoms with Crippen molar-refractivity contribution < 1.29 is 5.11 Å². The Morgan fingerprint density at radius 2 is 2.21 bits per heavy atom. The summed E-state index contributed by atoms with van der Waals surface area (Å²) in [5.41, 5.74) is 8.13. The van der Waals surface area contributed by atoms with E-state index in [0.717, 1.165) is 11.1 Å². The zero-order valence-corrected chi connectivity index (χ0v) is 8.36. The summed E-state index contributed by atoms with van der Waals surface area (Å²) >= 11 is 0. The number of rotatable bonds is 2. The number of allylic oxidation sites excluding steroid dienone is 1. The molecule has 3 nitrogen and oxygen atoms in total. The summed E-state index contributed by atoms with van der Waals surface area (Å²) < 4.78 is 0. The summed E-state index contributed by atoms with van der Waals surface area (Å²) in [6.45, 7) is 1.83. The number of aromatic hydroxyl groups is 1. The van der Waals surface area contributed by atoms with Gasteiger partial charge in [-0.05, 0) is 42.3 Å². The van der Waals surface area contributed by atoms with Crippen LogP contribution in [0, 0.1) is 6.92 Å². The first kappa shape index (κ1) is 10.3. The monoisotopic (exact) mass is 190 g/mol. The van der Waals surface area contributed by atoms with Crippen LogP contribution in [0.2, 0.25) is 0 Å². The number of hydrogen-bond acceptors (Lipinski definition) is 3. The molecule has 0 aliphatic heterocycles. The van der Waals surface area contributed by atoms with Crippen molar-refractivity contribution in [2.24, 2.45) is 10.7 Å². The molecule has 0 amide bonds. The summed E-state index contributed by atoms with van der Waals surface area (Å²) in [5.74, 6) is 0.283. The van der Waals surface area contributed by atoms with Crippen molar-refractivity contribution in [3.05, 3.63) is 35.4 Å². The standard InChI is InChI=1S/C11H14N2O/c1-8-7-9(3-4-11(8)14)10(12)5-6-13-2/h3-7,14H,12H2,1-2H3. The van der Waals surface area contributed by atoms with Gasteiger partial charge in [-0.2, -0.15) is 0 Å². The first-order valence-electron chi connectivity index (χ1n) is 4.33. The fourth-order valence-electron chi connectivity index (χ4n) is 1.09. The molecule has 3 heteroatoms. The maximum absolute atomic E-state index is 9.31. The van der Waals surface area contributed by atoms with E-state index in [1.807, 2.05) is 13.0 Å². The quantitative estimate of drug-likeness (QED) is 0.697. The van der Waals surface area contributed by atoms with Crippen molar-refractivity contribution >= 4 is 11.9 Å². The van der Waals surface area contributed by atoms with Gasteiger partial charge in [-0.1, -0.05) is 0 Å². The molecule has 3 N–H and O–H groups in total. The van der Waals surface area contributed by atoms with E-state index in [-0.39, 0.29) is 5.75 Å². The fraction of sp³-hybridized carbons (Fsp3) is 0.182. The third-order valence-electron chi connectivity index (χ3n) is 1.93. The molecular formula is C11H14N2O. The maximum atomic E-state index is 9.31.